The molecule has 35 heavy (non-hydrogen) atoms. The predicted octanol–water partition coefficient (Wildman–Crippen LogP) is 4.13. The van der Waals surface area contributed by atoms with Crippen molar-refractivity contribution in [1.29, 1.82) is 0 Å². The van der Waals surface area contributed by atoms with Crippen LogP contribution in [0.1, 0.15) is 35.6 Å². The summed E-state index contributed by atoms with van der Waals surface area (Å²) >= 11 is 0. The number of aliphatic carboxylic acids is 1. The zero-order chi connectivity index (χ0) is 24.7. The number of aromatic nitrogens is 2. The summed E-state index contributed by atoms with van der Waals surface area (Å²) in [6.07, 6.45) is 0.502. The molecule has 9 nitrogen and oxygen atoms in total. The molecule has 0 radical (unpaired) electrons. The highest BCUT2D eigenvalue weighted by atomic mass is 16.7. The average molecular weight is 476 g/mol. The summed E-state index contributed by atoms with van der Waals surface area (Å²) < 4.78 is 12.9. The van der Waals surface area contributed by atoms with E-state index in [1.807, 2.05) is 37.3 Å². The molecule has 0 saturated heterocycles. The van der Waals surface area contributed by atoms with E-state index in [2.05, 4.69) is 4.98 Å². The monoisotopic (exact) mass is 476 g/mol. The lowest BCUT2D eigenvalue weighted by molar-refractivity contribution is -0.138. The highest BCUT2D eigenvalue weighted by molar-refractivity contribution is 5.91. The molecule has 1 aliphatic rings. The van der Waals surface area contributed by atoms with Gasteiger partial charge in [0.25, 0.3) is 0 Å². The van der Waals surface area contributed by atoms with Crippen molar-refractivity contribution in [3.05, 3.63) is 71.2 Å². The highest BCUT2D eigenvalue weighted by Gasteiger charge is 2.41. The molecule has 2 aromatic heterocycles. The number of aromatic hydroxyl groups is 2. The minimum Gasteiger partial charge on any atom is -0.503 e. The predicted molar refractivity (Wildman–Crippen MR) is 126 cm³/mol. The second-order valence-electron chi connectivity index (χ2n) is 8.15. The van der Waals surface area contributed by atoms with Gasteiger partial charge in [0.2, 0.25) is 5.89 Å². The molecular weight excluding hydrogens is 452 g/mol. The molecule has 9 heteroatoms. The fraction of sp³-hybridized carbons (Fsp3) is 0.231. The number of benzene rings is 2. The molecule has 0 amide bonds. The molecule has 1 unspecified atom stereocenters. The van der Waals surface area contributed by atoms with Crippen LogP contribution in [0.4, 0.5) is 0 Å². The molecule has 3 N–H and O–H groups in total. The third kappa shape index (κ3) is 3.74. The number of rotatable bonds is 8. The van der Waals surface area contributed by atoms with Gasteiger partial charge in [-0.05, 0) is 43.7 Å². The largest absolute Gasteiger partial charge is 0.503 e. The van der Waals surface area contributed by atoms with Crippen molar-refractivity contribution < 1.29 is 34.1 Å². The van der Waals surface area contributed by atoms with E-state index in [-0.39, 0.29) is 18.0 Å². The lowest BCUT2D eigenvalue weighted by Crippen LogP contribution is -2.26. The van der Waals surface area contributed by atoms with E-state index >= 15 is 0 Å². The van der Waals surface area contributed by atoms with Crippen LogP contribution in [-0.2, 0) is 11.2 Å². The zero-order valence-electron chi connectivity index (χ0n) is 19.2. The second kappa shape index (κ2) is 8.75. The van der Waals surface area contributed by atoms with E-state index in [0.29, 0.717) is 41.6 Å². The van der Waals surface area contributed by atoms with Crippen molar-refractivity contribution in [1.82, 2.24) is 9.71 Å². The number of carboxylic acid groups (broad SMARTS) is 1. The molecular formula is C26H24N2O7. The van der Waals surface area contributed by atoms with E-state index in [1.54, 1.807) is 25.1 Å². The van der Waals surface area contributed by atoms with Gasteiger partial charge in [-0.1, -0.05) is 24.3 Å². The second-order valence-corrected chi connectivity index (χ2v) is 8.15. The van der Waals surface area contributed by atoms with Gasteiger partial charge in [0, 0.05) is 17.5 Å². The van der Waals surface area contributed by atoms with Gasteiger partial charge in [-0.15, -0.1) is 0 Å². The number of carbonyl (C=O) groups is 1. The molecule has 1 aliphatic heterocycles. The topological polar surface area (TPSA) is 127 Å². The molecule has 3 heterocycles. The van der Waals surface area contributed by atoms with Gasteiger partial charge in [0.15, 0.2) is 11.5 Å². The van der Waals surface area contributed by atoms with Crippen LogP contribution in [0.3, 0.4) is 0 Å². The van der Waals surface area contributed by atoms with Crippen LogP contribution < -0.4 is 9.57 Å². The summed E-state index contributed by atoms with van der Waals surface area (Å²) in [6, 6.07) is 14.6. The van der Waals surface area contributed by atoms with E-state index in [0.717, 1.165) is 11.3 Å². The smallest absolute Gasteiger partial charge is 0.317 e. The fourth-order valence-electron chi connectivity index (χ4n) is 4.41. The average Bonchev–Trinajstić information content (AvgIpc) is 3.30. The lowest BCUT2D eigenvalue weighted by Gasteiger charge is -2.25. The molecule has 0 fully saturated rings. The summed E-state index contributed by atoms with van der Waals surface area (Å²) in [6.45, 7) is 4.11. The summed E-state index contributed by atoms with van der Waals surface area (Å²) in [7, 11) is 0. The van der Waals surface area contributed by atoms with Crippen molar-refractivity contribution in [2.45, 2.75) is 26.2 Å². The number of hydrogen-bond acceptors (Lipinski definition) is 7. The van der Waals surface area contributed by atoms with Gasteiger partial charge < -0.3 is 29.3 Å². The molecule has 180 valence electrons. The minimum atomic E-state index is -1.20. The minimum absolute atomic E-state index is 0.0104. The molecule has 4 aromatic rings. The first-order chi connectivity index (χ1) is 16.9. The Morgan fingerprint density at radius 2 is 1.91 bits per heavy atom. The van der Waals surface area contributed by atoms with Gasteiger partial charge in [-0.3, -0.25) is 4.79 Å². The number of ether oxygens (including phenoxy) is 1. The van der Waals surface area contributed by atoms with Crippen molar-refractivity contribution in [3.63, 3.8) is 0 Å². The molecule has 2 bridgehead atoms. The van der Waals surface area contributed by atoms with Crippen LogP contribution in [-0.4, -0.2) is 44.2 Å². The molecule has 5 rings (SSSR count). The van der Waals surface area contributed by atoms with E-state index in [1.165, 1.54) is 4.73 Å². The first-order valence-corrected chi connectivity index (χ1v) is 11.2. The van der Waals surface area contributed by atoms with Crippen molar-refractivity contribution in [2.24, 2.45) is 0 Å². The molecule has 0 spiro atoms. The number of nitrogens with zero attached hydrogens (tertiary/aromatic N) is 2. The van der Waals surface area contributed by atoms with Crippen LogP contribution in [0.2, 0.25) is 0 Å². The lowest BCUT2D eigenvalue weighted by atomic mass is 9.89. The summed E-state index contributed by atoms with van der Waals surface area (Å²) in [5.41, 5.74) is 2.70. The van der Waals surface area contributed by atoms with Crippen molar-refractivity contribution >= 4 is 5.97 Å². The maximum absolute atomic E-state index is 12.1. The van der Waals surface area contributed by atoms with Crippen molar-refractivity contribution in [2.75, 3.05) is 13.2 Å². The van der Waals surface area contributed by atoms with Crippen LogP contribution >= 0.6 is 0 Å². The van der Waals surface area contributed by atoms with Gasteiger partial charge in [0.05, 0.1) is 12.3 Å². The van der Waals surface area contributed by atoms with Gasteiger partial charge >= 0.3 is 5.97 Å². The normalized spacial score (nSPS) is 13.9. The highest BCUT2D eigenvalue weighted by Crippen LogP contribution is 2.53. The fourth-order valence-corrected chi connectivity index (χ4v) is 4.41. The maximum Gasteiger partial charge on any atom is 0.317 e. The van der Waals surface area contributed by atoms with Crippen LogP contribution in [0.15, 0.2) is 52.9 Å². The Morgan fingerprint density at radius 1 is 1.14 bits per heavy atom. The quantitative estimate of drug-likeness (QED) is 0.346. The Morgan fingerprint density at radius 3 is 2.63 bits per heavy atom. The number of hydrogen-bond donors (Lipinski definition) is 3. The number of aryl methyl sites for hydroxylation is 1. The van der Waals surface area contributed by atoms with Gasteiger partial charge in [-0.2, -0.15) is 4.73 Å². The first kappa shape index (κ1) is 22.4. The SMILES string of the molecule is CCOn1c2c(O)c(O)c1C(C(=O)O)c1ccc(OCCc3nc(-c4ccccc4)oc3C)cc1-2. The summed E-state index contributed by atoms with van der Waals surface area (Å²) in [5.74, 6) is -1.57. The third-order valence-corrected chi connectivity index (χ3v) is 6.00. The Hall–Kier alpha value is -4.40. The molecule has 2 aromatic carbocycles. The molecule has 1 atom stereocenters. The summed E-state index contributed by atoms with van der Waals surface area (Å²) in [4.78, 5) is 22.2. The van der Waals surface area contributed by atoms with E-state index in [4.69, 9.17) is 14.0 Å². The van der Waals surface area contributed by atoms with Crippen LogP contribution in [0, 0.1) is 6.92 Å². The van der Waals surface area contributed by atoms with Gasteiger partial charge in [0.1, 0.15) is 35.4 Å². The third-order valence-electron chi connectivity index (χ3n) is 6.00. The molecule has 0 saturated carbocycles. The standard InChI is InChI=1S/C26H24N2O7/c1-3-34-28-21-18-13-16(9-10-17(18)20(26(31)32)22(28)24(30)23(21)29)33-12-11-19-14(2)35-25(27-19)15-7-5-4-6-8-15/h4-10,13,20,29-30H,3,11-12H2,1-2H3,(H,31,32). The van der Waals surface area contributed by atoms with Crippen molar-refractivity contribution in [3.8, 4) is 40.0 Å². The van der Waals surface area contributed by atoms with E-state index < -0.39 is 23.4 Å². The summed E-state index contributed by atoms with van der Waals surface area (Å²) in [5, 5.41) is 30.9. The van der Waals surface area contributed by atoms with E-state index in [9.17, 15) is 20.1 Å². The molecule has 0 aliphatic carbocycles. The Bertz CT molecular complexity index is 1410. The van der Waals surface area contributed by atoms with Gasteiger partial charge in [-0.25, -0.2) is 4.98 Å². The van der Waals surface area contributed by atoms with Crippen LogP contribution in [0.25, 0.3) is 22.7 Å². The van der Waals surface area contributed by atoms with Crippen LogP contribution in [0.5, 0.6) is 17.2 Å². The number of carboxylic acids is 1. The number of fused-ring (bicyclic) bond motifs is 4. The Labute approximate surface area is 200 Å². The first-order valence-electron chi connectivity index (χ1n) is 11.2. The number of oxazole rings is 1. The Kier molecular flexibility index (Phi) is 5.60. The zero-order valence-corrected chi connectivity index (χ0v) is 19.2. The Balaban J connectivity index is 1.40. The maximum atomic E-state index is 12.1.